The number of aliphatic imine (C=N–C) groups is 2. The van der Waals surface area contributed by atoms with Crippen LogP contribution in [0.5, 0.6) is 5.75 Å². The fourth-order valence-corrected chi connectivity index (χ4v) is 3.27. The maximum absolute atomic E-state index is 14.1. The van der Waals surface area contributed by atoms with Crippen LogP contribution in [0.3, 0.4) is 0 Å². The van der Waals surface area contributed by atoms with Crippen LogP contribution < -0.4 is 21.9 Å². The number of halogens is 1. The molecular formula is C22H25FN6O. The molecule has 0 radical (unpaired) electrons. The molecule has 0 fully saturated rings. The van der Waals surface area contributed by atoms with Crippen LogP contribution in [-0.4, -0.2) is 29.5 Å². The van der Waals surface area contributed by atoms with Crippen molar-refractivity contribution in [1.82, 2.24) is 4.98 Å². The van der Waals surface area contributed by atoms with Gasteiger partial charge in [-0.2, -0.15) is 0 Å². The minimum absolute atomic E-state index is 0.227. The number of aromatic nitrogens is 1. The molecule has 6 N–H and O–H groups in total. The third-order valence-corrected chi connectivity index (χ3v) is 4.68. The van der Waals surface area contributed by atoms with Crippen LogP contribution in [0.2, 0.25) is 0 Å². The normalized spacial score (nSPS) is 19.7. The average molecular weight is 408 g/mol. The summed E-state index contributed by atoms with van der Waals surface area (Å²) in [6.07, 6.45) is 5.62. The van der Waals surface area contributed by atoms with Gasteiger partial charge in [0.2, 0.25) is 0 Å². The van der Waals surface area contributed by atoms with Crippen molar-refractivity contribution in [3.63, 3.8) is 0 Å². The first-order valence-electron chi connectivity index (χ1n) is 9.59. The summed E-state index contributed by atoms with van der Waals surface area (Å²) in [5.41, 5.74) is 21.6. The Balaban J connectivity index is 2.28. The van der Waals surface area contributed by atoms with E-state index in [1.807, 2.05) is 13.8 Å². The quantitative estimate of drug-likeness (QED) is 0.705. The maximum atomic E-state index is 14.1. The molecule has 0 unspecified atom stereocenters. The number of nitrogens with two attached hydrogens (primary N) is 3. The molecule has 1 atom stereocenters. The van der Waals surface area contributed by atoms with Crippen molar-refractivity contribution in [2.75, 3.05) is 18.8 Å². The average Bonchev–Trinajstić information content (AvgIpc) is 2.73. The summed E-state index contributed by atoms with van der Waals surface area (Å²) in [4.78, 5) is 13.5. The SMILES string of the molecule is CCN=C1C(=CN)CN=C(C=CN)c2ccc(F)cc2[C@@H](C)Oc2cc1cnc2N. The van der Waals surface area contributed by atoms with Gasteiger partial charge >= 0.3 is 0 Å². The van der Waals surface area contributed by atoms with Crippen LogP contribution in [0.4, 0.5) is 10.2 Å². The number of allylic oxidation sites excluding steroid dienone is 1. The molecule has 0 amide bonds. The van der Waals surface area contributed by atoms with Gasteiger partial charge in [0.05, 0.1) is 18.0 Å². The Morgan fingerprint density at radius 2 is 2.10 bits per heavy atom. The molecule has 30 heavy (non-hydrogen) atoms. The molecule has 1 aliphatic rings. The van der Waals surface area contributed by atoms with Crippen molar-refractivity contribution in [3.05, 3.63) is 77.0 Å². The first-order valence-corrected chi connectivity index (χ1v) is 9.59. The van der Waals surface area contributed by atoms with Crippen LogP contribution in [-0.2, 0) is 0 Å². The summed E-state index contributed by atoms with van der Waals surface area (Å²) < 4.78 is 20.2. The number of pyridine rings is 1. The van der Waals surface area contributed by atoms with Crippen LogP contribution in [0, 0.1) is 5.82 Å². The third kappa shape index (κ3) is 4.32. The van der Waals surface area contributed by atoms with E-state index < -0.39 is 6.10 Å². The van der Waals surface area contributed by atoms with Gasteiger partial charge in [-0.15, -0.1) is 0 Å². The van der Waals surface area contributed by atoms with Gasteiger partial charge in [0.1, 0.15) is 11.9 Å². The van der Waals surface area contributed by atoms with Crippen molar-refractivity contribution in [3.8, 4) is 5.75 Å². The van der Waals surface area contributed by atoms with E-state index in [0.717, 1.165) is 0 Å². The molecule has 2 heterocycles. The van der Waals surface area contributed by atoms with E-state index in [9.17, 15) is 4.39 Å². The number of nitrogen functional groups attached to an aromatic ring is 1. The molecular weight excluding hydrogens is 383 g/mol. The topological polar surface area (TPSA) is 125 Å². The van der Waals surface area contributed by atoms with E-state index in [4.69, 9.17) is 26.9 Å². The summed E-state index contributed by atoms with van der Waals surface area (Å²) >= 11 is 0. The van der Waals surface area contributed by atoms with Crippen molar-refractivity contribution >= 4 is 17.2 Å². The minimum atomic E-state index is -0.526. The largest absolute Gasteiger partial charge is 0.482 e. The van der Waals surface area contributed by atoms with Crippen LogP contribution in [0.15, 0.2) is 64.5 Å². The number of rotatable bonds is 2. The van der Waals surface area contributed by atoms with Gasteiger partial charge in [0.15, 0.2) is 11.6 Å². The number of ether oxygens (including phenoxy) is 1. The highest BCUT2D eigenvalue weighted by Crippen LogP contribution is 2.30. The first kappa shape index (κ1) is 21.0. The van der Waals surface area contributed by atoms with Crippen LogP contribution in [0.1, 0.15) is 36.6 Å². The molecule has 0 saturated heterocycles. The predicted molar refractivity (Wildman–Crippen MR) is 118 cm³/mol. The molecule has 0 saturated carbocycles. The predicted octanol–water partition coefficient (Wildman–Crippen LogP) is 2.87. The highest BCUT2D eigenvalue weighted by Gasteiger charge is 2.20. The molecule has 8 heteroatoms. The lowest BCUT2D eigenvalue weighted by Gasteiger charge is -2.21. The van der Waals surface area contributed by atoms with Gasteiger partial charge in [-0.3, -0.25) is 9.98 Å². The number of fused-ring (bicyclic) bond motifs is 3. The van der Waals surface area contributed by atoms with Gasteiger partial charge in [-0.25, -0.2) is 9.37 Å². The molecule has 2 aromatic rings. The lowest BCUT2D eigenvalue weighted by molar-refractivity contribution is 0.227. The summed E-state index contributed by atoms with van der Waals surface area (Å²) in [7, 11) is 0. The van der Waals surface area contributed by atoms with Gasteiger partial charge in [-0.05, 0) is 50.4 Å². The highest BCUT2D eigenvalue weighted by atomic mass is 19.1. The Morgan fingerprint density at radius 3 is 2.80 bits per heavy atom. The standard InChI is InChI=1S/C22H25FN6O/c1-3-27-21-14-8-20(22(26)29-11-14)30-13(2)18-9-16(23)4-5-17(18)19(6-7-24)28-12-15(21)10-25/h4-11,13H,3,12,24-25H2,1-2H3,(H2,26,29)/t13-/m1/s1. The second kappa shape index (κ2) is 9.21. The highest BCUT2D eigenvalue weighted by molar-refractivity contribution is 6.14. The van der Waals surface area contributed by atoms with E-state index >= 15 is 0 Å². The van der Waals surface area contributed by atoms with Crippen molar-refractivity contribution in [2.24, 2.45) is 21.5 Å². The Bertz CT molecular complexity index is 1060. The van der Waals surface area contributed by atoms with Gasteiger partial charge < -0.3 is 21.9 Å². The smallest absolute Gasteiger partial charge is 0.166 e. The molecule has 2 bridgehead atoms. The van der Waals surface area contributed by atoms with E-state index in [1.165, 1.54) is 24.5 Å². The Kier molecular flexibility index (Phi) is 6.46. The fraction of sp³-hybridized carbons (Fsp3) is 0.227. The Morgan fingerprint density at radius 1 is 1.30 bits per heavy atom. The summed E-state index contributed by atoms with van der Waals surface area (Å²) in [5.74, 6) is 0.224. The van der Waals surface area contributed by atoms with Gasteiger partial charge in [-0.1, -0.05) is 0 Å². The second-order valence-electron chi connectivity index (χ2n) is 6.67. The number of benzene rings is 1. The fourth-order valence-electron chi connectivity index (χ4n) is 3.27. The van der Waals surface area contributed by atoms with E-state index in [1.54, 1.807) is 24.4 Å². The zero-order chi connectivity index (χ0) is 21.7. The molecule has 7 nitrogen and oxygen atoms in total. The summed E-state index contributed by atoms with van der Waals surface area (Å²) in [6, 6.07) is 6.21. The second-order valence-corrected chi connectivity index (χ2v) is 6.67. The van der Waals surface area contributed by atoms with Gasteiger partial charge in [0.25, 0.3) is 0 Å². The van der Waals surface area contributed by atoms with E-state index in [0.29, 0.717) is 46.0 Å². The van der Waals surface area contributed by atoms with Crippen molar-refractivity contribution in [2.45, 2.75) is 20.0 Å². The summed E-state index contributed by atoms with van der Waals surface area (Å²) in [5, 5.41) is 0. The van der Waals surface area contributed by atoms with E-state index in [-0.39, 0.29) is 18.2 Å². The molecule has 156 valence electrons. The Labute approximate surface area is 174 Å². The monoisotopic (exact) mass is 408 g/mol. The molecule has 0 spiro atoms. The summed E-state index contributed by atoms with van der Waals surface area (Å²) in [6.45, 7) is 4.54. The molecule has 1 aromatic carbocycles. The molecule has 1 aliphatic heterocycles. The van der Waals surface area contributed by atoms with Gasteiger partial charge in [0, 0.05) is 41.2 Å². The van der Waals surface area contributed by atoms with Crippen molar-refractivity contribution < 1.29 is 9.13 Å². The number of nitrogens with zero attached hydrogens (tertiary/aromatic N) is 3. The number of hydrogen-bond acceptors (Lipinski definition) is 7. The molecule has 3 rings (SSSR count). The molecule has 1 aromatic heterocycles. The lowest BCUT2D eigenvalue weighted by atomic mass is 9.97. The number of anilines is 1. The zero-order valence-corrected chi connectivity index (χ0v) is 17.0. The van der Waals surface area contributed by atoms with E-state index in [2.05, 4.69) is 9.98 Å². The first-order chi connectivity index (χ1) is 14.5. The lowest BCUT2D eigenvalue weighted by Crippen LogP contribution is -2.17. The van der Waals surface area contributed by atoms with Crippen LogP contribution >= 0.6 is 0 Å². The van der Waals surface area contributed by atoms with Crippen molar-refractivity contribution in [1.29, 1.82) is 0 Å². The minimum Gasteiger partial charge on any atom is -0.482 e. The molecule has 0 aliphatic carbocycles. The maximum Gasteiger partial charge on any atom is 0.166 e. The third-order valence-electron chi connectivity index (χ3n) is 4.68. The zero-order valence-electron chi connectivity index (χ0n) is 17.0. The van der Waals surface area contributed by atoms with Crippen LogP contribution in [0.25, 0.3) is 0 Å². The number of hydrogen-bond donors (Lipinski definition) is 3. The Hall–Kier alpha value is -3.68.